The first-order chi connectivity index (χ1) is 18.0. The largest absolute Gasteiger partial charge is 0.496 e. The Morgan fingerprint density at radius 1 is 0.946 bits per heavy atom. The Hall–Kier alpha value is -4.17. The number of halogens is 1. The molecule has 0 aliphatic heterocycles. The lowest BCUT2D eigenvalue weighted by Crippen LogP contribution is -2.27. The number of H-pyrrole nitrogens is 1. The molecule has 8 nitrogen and oxygen atoms in total. The molecule has 0 fully saturated rings. The Bertz CT molecular complexity index is 1410. The van der Waals surface area contributed by atoms with Gasteiger partial charge in [-0.15, -0.1) is 10.2 Å². The standard InChI is InChI=1S/C28H27ClN4O4/c1-36-25-9-5-3-6-19(25)16-17-30-26(34)15-14-24-28(35)31-27(33-32-24)20-10-12-22(13-11-20)37-18-21-7-2-4-8-23(21)29/h2-13H,14-18H2,1H3,(H,30,34)(H,31,33,35). The molecule has 4 rings (SSSR count). The third-order valence-electron chi connectivity index (χ3n) is 5.74. The van der Waals surface area contributed by atoms with E-state index in [-0.39, 0.29) is 30.0 Å². The second-order valence-corrected chi connectivity index (χ2v) is 8.67. The highest BCUT2D eigenvalue weighted by atomic mass is 35.5. The summed E-state index contributed by atoms with van der Waals surface area (Å²) in [6, 6.07) is 22.3. The lowest BCUT2D eigenvalue weighted by atomic mass is 10.1. The Morgan fingerprint density at radius 2 is 1.68 bits per heavy atom. The number of aryl methyl sites for hydroxylation is 1. The van der Waals surface area contributed by atoms with Gasteiger partial charge in [0.2, 0.25) is 5.91 Å². The molecule has 1 aromatic heterocycles. The fraction of sp³-hybridized carbons (Fsp3) is 0.214. The van der Waals surface area contributed by atoms with Gasteiger partial charge in [0, 0.05) is 35.5 Å². The maximum Gasteiger partial charge on any atom is 0.273 e. The number of hydrogen-bond acceptors (Lipinski definition) is 6. The Morgan fingerprint density at radius 3 is 2.41 bits per heavy atom. The number of rotatable bonds is 11. The van der Waals surface area contributed by atoms with E-state index in [0.29, 0.717) is 41.7 Å². The van der Waals surface area contributed by atoms with Gasteiger partial charge in [-0.2, -0.15) is 0 Å². The van der Waals surface area contributed by atoms with Crippen molar-refractivity contribution in [2.75, 3.05) is 13.7 Å². The van der Waals surface area contributed by atoms with Gasteiger partial charge >= 0.3 is 0 Å². The third kappa shape index (κ3) is 7.17. The summed E-state index contributed by atoms with van der Waals surface area (Å²) in [6.07, 6.45) is 0.979. The molecule has 0 aliphatic carbocycles. The van der Waals surface area contributed by atoms with Gasteiger partial charge in [-0.05, 0) is 48.4 Å². The van der Waals surface area contributed by atoms with Gasteiger partial charge in [0.15, 0.2) is 5.82 Å². The number of benzene rings is 3. The third-order valence-corrected chi connectivity index (χ3v) is 6.11. The van der Waals surface area contributed by atoms with Crippen LogP contribution >= 0.6 is 11.6 Å². The molecule has 9 heteroatoms. The molecule has 2 N–H and O–H groups in total. The van der Waals surface area contributed by atoms with Crippen LogP contribution in [0.4, 0.5) is 0 Å². The van der Waals surface area contributed by atoms with Crippen LogP contribution in [-0.4, -0.2) is 34.7 Å². The molecular weight excluding hydrogens is 492 g/mol. The number of methoxy groups -OCH3 is 1. The first-order valence-corrected chi connectivity index (χ1v) is 12.2. The molecule has 0 aliphatic rings. The van der Waals surface area contributed by atoms with Gasteiger partial charge in [0.05, 0.1) is 7.11 Å². The number of carbonyl (C=O) groups is 1. The van der Waals surface area contributed by atoms with Crippen LogP contribution in [0.3, 0.4) is 0 Å². The predicted octanol–water partition coefficient (Wildman–Crippen LogP) is 4.36. The van der Waals surface area contributed by atoms with E-state index < -0.39 is 0 Å². The van der Waals surface area contributed by atoms with Crippen molar-refractivity contribution in [3.8, 4) is 22.9 Å². The Kier molecular flexibility index (Phi) is 8.89. The van der Waals surface area contributed by atoms with Crippen molar-refractivity contribution in [2.45, 2.75) is 25.9 Å². The van der Waals surface area contributed by atoms with Crippen molar-refractivity contribution in [1.29, 1.82) is 0 Å². The molecule has 4 aromatic rings. The smallest absolute Gasteiger partial charge is 0.273 e. The molecule has 0 saturated heterocycles. The minimum absolute atomic E-state index is 0.139. The van der Waals surface area contributed by atoms with E-state index >= 15 is 0 Å². The highest BCUT2D eigenvalue weighted by molar-refractivity contribution is 6.31. The first-order valence-electron chi connectivity index (χ1n) is 11.8. The Labute approximate surface area is 219 Å². The normalized spacial score (nSPS) is 10.6. The number of nitrogens with zero attached hydrogens (tertiary/aromatic N) is 2. The first kappa shape index (κ1) is 25.9. The van der Waals surface area contributed by atoms with Gasteiger partial charge in [-0.25, -0.2) is 0 Å². The zero-order chi connectivity index (χ0) is 26.0. The predicted molar refractivity (Wildman–Crippen MR) is 142 cm³/mol. The van der Waals surface area contributed by atoms with E-state index in [4.69, 9.17) is 21.1 Å². The molecule has 0 unspecified atom stereocenters. The maximum atomic E-state index is 12.5. The van der Waals surface area contributed by atoms with Crippen LogP contribution in [0.15, 0.2) is 77.6 Å². The fourth-order valence-electron chi connectivity index (χ4n) is 3.71. The van der Waals surface area contributed by atoms with Crippen LogP contribution in [0.1, 0.15) is 23.2 Å². The van der Waals surface area contributed by atoms with Crippen molar-refractivity contribution in [1.82, 2.24) is 20.5 Å². The molecule has 0 bridgehead atoms. The summed E-state index contributed by atoms with van der Waals surface area (Å²) in [5.41, 5.74) is 2.44. The van der Waals surface area contributed by atoms with E-state index in [2.05, 4.69) is 20.5 Å². The molecule has 37 heavy (non-hydrogen) atoms. The van der Waals surface area contributed by atoms with Gasteiger partial charge < -0.3 is 19.8 Å². The second-order valence-electron chi connectivity index (χ2n) is 8.27. The molecule has 0 radical (unpaired) electrons. The zero-order valence-corrected chi connectivity index (χ0v) is 21.1. The molecule has 0 spiro atoms. The quantitative estimate of drug-likeness (QED) is 0.305. The highest BCUT2D eigenvalue weighted by Gasteiger charge is 2.10. The van der Waals surface area contributed by atoms with Crippen LogP contribution in [0.25, 0.3) is 11.4 Å². The van der Waals surface area contributed by atoms with E-state index in [1.807, 2.05) is 48.5 Å². The average Bonchev–Trinajstić information content (AvgIpc) is 2.92. The molecule has 0 saturated carbocycles. The number of nitrogens with one attached hydrogen (secondary N) is 2. The minimum atomic E-state index is -0.370. The van der Waals surface area contributed by atoms with E-state index in [0.717, 1.165) is 16.9 Å². The van der Waals surface area contributed by atoms with E-state index in [1.165, 1.54) is 0 Å². The highest BCUT2D eigenvalue weighted by Crippen LogP contribution is 2.21. The Balaban J connectivity index is 1.27. The molecule has 1 amide bonds. The number of hydrogen-bond donors (Lipinski definition) is 2. The average molecular weight is 519 g/mol. The van der Waals surface area contributed by atoms with Crippen molar-refractivity contribution < 1.29 is 14.3 Å². The second kappa shape index (κ2) is 12.7. The summed E-state index contributed by atoms with van der Waals surface area (Å²) < 4.78 is 11.1. The number of aromatic amines is 1. The van der Waals surface area contributed by atoms with Crippen molar-refractivity contribution in [3.63, 3.8) is 0 Å². The van der Waals surface area contributed by atoms with Crippen molar-refractivity contribution in [3.05, 3.63) is 105 Å². The van der Waals surface area contributed by atoms with Crippen LogP contribution in [0.5, 0.6) is 11.5 Å². The molecule has 1 heterocycles. The fourth-order valence-corrected chi connectivity index (χ4v) is 3.90. The van der Waals surface area contributed by atoms with Gasteiger partial charge in [0.25, 0.3) is 5.56 Å². The maximum absolute atomic E-state index is 12.5. The number of para-hydroxylation sites is 1. The summed E-state index contributed by atoms with van der Waals surface area (Å²) in [5.74, 6) is 1.63. The summed E-state index contributed by atoms with van der Waals surface area (Å²) in [6.45, 7) is 0.816. The van der Waals surface area contributed by atoms with Gasteiger partial charge in [-0.3, -0.25) is 9.59 Å². The molecule has 190 valence electrons. The molecular formula is C28H27ClN4O4. The summed E-state index contributed by atoms with van der Waals surface area (Å²) in [4.78, 5) is 27.5. The lowest BCUT2D eigenvalue weighted by molar-refractivity contribution is -0.121. The number of aromatic nitrogens is 3. The van der Waals surface area contributed by atoms with E-state index in [9.17, 15) is 9.59 Å². The van der Waals surface area contributed by atoms with Crippen molar-refractivity contribution >= 4 is 17.5 Å². The van der Waals surface area contributed by atoms with Gasteiger partial charge in [0.1, 0.15) is 23.8 Å². The van der Waals surface area contributed by atoms with Crippen LogP contribution in [0, 0.1) is 0 Å². The zero-order valence-electron chi connectivity index (χ0n) is 20.4. The number of amides is 1. The summed E-state index contributed by atoms with van der Waals surface area (Å²) >= 11 is 6.16. The summed E-state index contributed by atoms with van der Waals surface area (Å²) in [7, 11) is 1.62. The van der Waals surface area contributed by atoms with Crippen LogP contribution < -0.4 is 20.3 Å². The van der Waals surface area contributed by atoms with Crippen molar-refractivity contribution in [2.24, 2.45) is 0 Å². The molecule has 0 atom stereocenters. The number of ether oxygens (including phenoxy) is 2. The van der Waals surface area contributed by atoms with Crippen LogP contribution in [0.2, 0.25) is 5.02 Å². The minimum Gasteiger partial charge on any atom is -0.496 e. The van der Waals surface area contributed by atoms with Crippen LogP contribution in [-0.2, 0) is 24.2 Å². The monoisotopic (exact) mass is 518 g/mol. The topological polar surface area (TPSA) is 106 Å². The number of carbonyl (C=O) groups excluding carboxylic acids is 1. The lowest BCUT2D eigenvalue weighted by Gasteiger charge is -2.09. The SMILES string of the molecule is COc1ccccc1CCNC(=O)CCc1nnc(-c2ccc(OCc3ccccc3Cl)cc2)[nH]c1=O. The summed E-state index contributed by atoms with van der Waals surface area (Å²) in [5, 5.41) is 11.7. The van der Waals surface area contributed by atoms with Gasteiger partial charge in [-0.1, -0.05) is 48.0 Å². The molecule has 3 aromatic carbocycles. The van der Waals surface area contributed by atoms with E-state index in [1.54, 1.807) is 31.4 Å².